The van der Waals surface area contributed by atoms with Crippen LogP contribution in [0.5, 0.6) is 23.0 Å². The molecule has 24 heavy (non-hydrogen) atoms. The molecule has 0 amide bonds. The van der Waals surface area contributed by atoms with Crippen LogP contribution in [0.3, 0.4) is 0 Å². The summed E-state index contributed by atoms with van der Waals surface area (Å²) in [5.74, 6) is 3.03. The SMILES string of the molecule is S=c1[nH]c(-c2ccc3c(c2)OCO3)c(-c2ccc3c(c2)OCO3)s1. The molecular weight excluding hydrogens is 346 g/mol. The smallest absolute Gasteiger partial charge is 0.231 e. The summed E-state index contributed by atoms with van der Waals surface area (Å²) in [5, 5.41) is 0. The number of rotatable bonds is 2. The molecule has 5 rings (SSSR count). The molecule has 1 N–H and O–H groups in total. The highest BCUT2D eigenvalue weighted by molar-refractivity contribution is 7.73. The Morgan fingerprint density at radius 2 is 1.38 bits per heavy atom. The van der Waals surface area contributed by atoms with Gasteiger partial charge in [-0.25, -0.2) is 0 Å². The zero-order valence-corrected chi connectivity index (χ0v) is 14.0. The Hall–Kier alpha value is -2.51. The maximum atomic E-state index is 5.48. The molecule has 2 aliphatic heterocycles. The molecular formula is C17H11NO4S2. The van der Waals surface area contributed by atoms with Gasteiger partial charge in [-0.05, 0) is 54.2 Å². The number of fused-ring (bicyclic) bond motifs is 2. The van der Waals surface area contributed by atoms with Crippen LogP contribution >= 0.6 is 23.6 Å². The van der Waals surface area contributed by atoms with E-state index in [2.05, 4.69) is 4.98 Å². The molecule has 7 heteroatoms. The first kappa shape index (κ1) is 13.9. The van der Waals surface area contributed by atoms with Gasteiger partial charge in [-0.1, -0.05) is 0 Å². The number of thiazole rings is 1. The molecule has 1 aromatic heterocycles. The van der Waals surface area contributed by atoms with Crippen molar-refractivity contribution in [2.24, 2.45) is 0 Å². The van der Waals surface area contributed by atoms with E-state index in [1.54, 1.807) is 0 Å². The Balaban J connectivity index is 1.65. The van der Waals surface area contributed by atoms with E-state index < -0.39 is 0 Å². The van der Waals surface area contributed by atoms with Gasteiger partial charge >= 0.3 is 0 Å². The van der Waals surface area contributed by atoms with Crippen molar-refractivity contribution in [3.05, 3.63) is 40.4 Å². The van der Waals surface area contributed by atoms with E-state index in [1.807, 2.05) is 36.4 Å². The van der Waals surface area contributed by atoms with Crippen LogP contribution in [0.25, 0.3) is 21.7 Å². The lowest BCUT2D eigenvalue weighted by molar-refractivity contribution is 0.173. The number of aromatic nitrogens is 1. The molecule has 0 radical (unpaired) electrons. The zero-order valence-electron chi connectivity index (χ0n) is 12.3. The molecule has 5 nitrogen and oxygen atoms in total. The summed E-state index contributed by atoms with van der Waals surface area (Å²) in [6, 6.07) is 11.8. The zero-order chi connectivity index (χ0) is 16.1. The van der Waals surface area contributed by atoms with Crippen LogP contribution in [0.1, 0.15) is 0 Å². The minimum atomic E-state index is 0.257. The van der Waals surface area contributed by atoms with Crippen molar-refractivity contribution in [3.8, 4) is 44.7 Å². The van der Waals surface area contributed by atoms with Crippen LogP contribution in [0.4, 0.5) is 0 Å². The van der Waals surface area contributed by atoms with Gasteiger partial charge in [0.25, 0.3) is 0 Å². The summed E-state index contributed by atoms with van der Waals surface area (Å²) >= 11 is 6.90. The molecule has 0 saturated heterocycles. The van der Waals surface area contributed by atoms with Crippen LogP contribution in [0, 0.1) is 3.95 Å². The van der Waals surface area contributed by atoms with Gasteiger partial charge in [-0.3, -0.25) is 0 Å². The van der Waals surface area contributed by atoms with Crippen LogP contribution < -0.4 is 18.9 Å². The average molecular weight is 357 g/mol. The van der Waals surface area contributed by atoms with Gasteiger partial charge in [-0.15, -0.1) is 11.3 Å². The lowest BCUT2D eigenvalue weighted by Crippen LogP contribution is -1.92. The first-order chi connectivity index (χ1) is 11.8. The number of H-pyrrole nitrogens is 1. The van der Waals surface area contributed by atoms with Crippen LogP contribution in [-0.2, 0) is 0 Å². The first-order valence-corrected chi connectivity index (χ1v) is 8.53. The van der Waals surface area contributed by atoms with E-state index in [0.717, 1.165) is 48.7 Å². The van der Waals surface area contributed by atoms with Crippen molar-refractivity contribution in [3.63, 3.8) is 0 Å². The normalized spacial score (nSPS) is 14.2. The lowest BCUT2D eigenvalue weighted by atomic mass is 10.1. The average Bonchev–Trinajstić information content (AvgIpc) is 3.32. The number of hydrogen-bond donors (Lipinski definition) is 1. The number of nitrogens with one attached hydrogen (secondary N) is 1. The molecule has 0 spiro atoms. The lowest BCUT2D eigenvalue weighted by Gasteiger charge is -2.06. The maximum absolute atomic E-state index is 5.48. The van der Waals surface area contributed by atoms with Crippen LogP contribution in [0.15, 0.2) is 36.4 Å². The van der Waals surface area contributed by atoms with Crippen molar-refractivity contribution in [1.29, 1.82) is 0 Å². The molecule has 0 bridgehead atoms. The first-order valence-electron chi connectivity index (χ1n) is 7.31. The van der Waals surface area contributed by atoms with E-state index >= 15 is 0 Å². The molecule has 3 aromatic rings. The van der Waals surface area contributed by atoms with E-state index in [-0.39, 0.29) is 13.6 Å². The second kappa shape index (κ2) is 5.25. The van der Waals surface area contributed by atoms with Gasteiger partial charge in [-0.2, -0.15) is 0 Å². The highest BCUT2D eigenvalue weighted by Gasteiger charge is 2.19. The summed E-state index contributed by atoms with van der Waals surface area (Å²) in [6.45, 7) is 0.518. The summed E-state index contributed by atoms with van der Waals surface area (Å²) in [5.41, 5.74) is 2.99. The minimum absolute atomic E-state index is 0.257. The monoisotopic (exact) mass is 357 g/mol. The van der Waals surface area contributed by atoms with Crippen molar-refractivity contribution in [1.82, 2.24) is 4.98 Å². The van der Waals surface area contributed by atoms with Crippen LogP contribution in [-0.4, -0.2) is 18.6 Å². The molecule has 120 valence electrons. The predicted octanol–water partition coefficient (Wildman–Crippen LogP) is 4.60. The summed E-state index contributed by atoms with van der Waals surface area (Å²) in [7, 11) is 0. The van der Waals surface area contributed by atoms with E-state index in [9.17, 15) is 0 Å². The van der Waals surface area contributed by atoms with Gasteiger partial charge < -0.3 is 23.9 Å². The standard InChI is InChI=1S/C17H11NO4S2/c23-17-18-15(9-1-3-11-13(5-9)21-7-19-11)16(24-17)10-2-4-12-14(6-10)22-8-20-12/h1-6H,7-8H2,(H,18,23). The molecule has 2 aliphatic rings. The van der Waals surface area contributed by atoms with Gasteiger partial charge in [0.15, 0.2) is 27.0 Å². The fourth-order valence-electron chi connectivity index (χ4n) is 2.82. The van der Waals surface area contributed by atoms with Crippen molar-refractivity contribution < 1.29 is 18.9 Å². The van der Waals surface area contributed by atoms with Gasteiger partial charge in [0, 0.05) is 5.56 Å². The third kappa shape index (κ3) is 2.16. The molecule has 3 heterocycles. The Labute approximate surface area is 146 Å². The quantitative estimate of drug-likeness (QED) is 0.680. The fourth-order valence-corrected chi connectivity index (χ4v) is 4.03. The van der Waals surface area contributed by atoms with Gasteiger partial charge in [0.05, 0.1) is 10.6 Å². The third-order valence-electron chi connectivity index (χ3n) is 3.94. The second-order valence-electron chi connectivity index (χ2n) is 5.35. The molecule has 0 fully saturated rings. The Morgan fingerprint density at radius 1 is 0.792 bits per heavy atom. The number of aromatic amines is 1. The van der Waals surface area contributed by atoms with Crippen molar-refractivity contribution in [2.45, 2.75) is 0 Å². The second-order valence-corrected chi connectivity index (χ2v) is 7.04. The van der Waals surface area contributed by atoms with Gasteiger partial charge in [0.2, 0.25) is 13.6 Å². The predicted molar refractivity (Wildman–Crippen MR) is 92.6 cm³/mol. The van der Waals surface area contributed by atoms with Gasteiger partial charge in [0.1, 0.15) is 0 Å². The molecule has 0 aliphatic carbocycles. The Kier molecular flexibility index (Phi) is 3.04. The summed E-state index contributed by atoms with van der Waals surface area (Å²) in [4.78, 5) is 4.34. The highest BCUT2D eigenvalue weighted by Crippen LogP contribution is 2.43. The Bertz CT molecular complexity index is 930. The summed E-state index contributed by atoms with van der Waals surface area (Å²) in [6.07, 6.45) is 0. The molecule has 0 atom stereocenters. The van der Waals surface area contributed by atoms with E-state index in [1.165, 1.54) is 11.3 Å². The number of benzene rings is 2. The van der Waals surface area contributed by atoms with Crippen molar-refractivity contribution >= 4 is 23.6 Å². The van der Waals surface area contributed by atoms with E-state index in [4.69, 9.17) is 31.2 Å². The Morgan fingerprint density at radius 3 is 2.08 bits per heavy atom. The molecule has 0 saturated carbocycles. The third-order valence-corrected chi connectivity index (χ3v) is 5.23. The molecule has 2 aromatic carbocycles. The van der Waals surface area contributed by atoms with E-state index in [0.29, 0.717) is 0 Å². The topological polar surface area (TPSA) is 52.7 Å². The largest absolute Gasteiger partial charge is 0.454 e. The number of ether oxygens (including phenoxy) is 4. The minimum Gasteiger partial charge on any atom is -0.454 e. The summed E-state index contributed by atoms with van der Waals surface area (Å²) < 4.78 is 22.4. The number of hydrogen-bond acceptors (Lipinski definition) is 6. The maximum Gasteiger partial charge on any atom is 0.231 e. The molecule has 0 unspecified atom stereocenters. The fraction of sp³-hybridized carbons (Fsp3) is 0.118. The highest BCUT2D eigenvalue weighted by atomic mass is 32.1. The van der Waals surface area contributed by atoms with Crippen molar-refractivity contribution in [2.75, 3.05) is 13.6 Å². The van der Waals surface area contributed by atoms with Crippen LogP contribution in [0.2, 0.25) is 0 Å².